The topological polar surface area (TPSA) is 66.5 Å². The summed E-state index contributed by atoms with van der Waals surface area (Å²) < 4.78 is 27.8. The molecule has 1 heterocycles. The smallest absolute Gasteiger partial charge is 0.243 e. The van der Waals surface area contributed by atoms with Crippen molar-refractivity contribution in [1.29, 1.82) is 0 Å². The van der Waals surface area contributed by atoms with Crippen LogP contribution in [-0.2, 0) is 20.2 Å². The largest absolute Gasteiger partial charge is 0.355 e. The number of nitrogens with zero attached hydrogens (tertiary/aromatic N) is 1. The van der Waals surface area contributed by atoms with Crippen LogP contribution in [0.1, 0.15) is 65.9 Å². The van der Waals surface area contributed by atoms with Gasteiger partial charge in [0.05, 0.1) is 4.90 Å². The van der Waals surface area contributed by atoms with Crippen molar-refractivity contribution >= 4 is 15.9 Å². The van der Waals surface area contributed by atoms with Gasteiger partial charge >= 0.3 is 0 Å². The maximum absolute atomic E-state index is 13.2. The molecule has 0 saturated carbocycles. The Labute approximate surface area is 164 Å². The fourth-order valence-corrected chi connectivity index (χ4v) is 4.98. The first-order chi connectivity index (χ1) is 12.5. The summed E-state index contributed by atoms with van der Waals surface area (Å²) in [7, 11) is -3.69. The summed E-state index contributed by atoms with van der Waals surface area (Å²) in [6.45, 7) is 11.5. The highest BCUT2D eigenvalue weighted by molar-refractivity contribution is 7.89. The third kappa shape index (κ3) is 5.55. The number of nitrogens with one attached hydrogen (secondary N) is 1. The third-order valence-electron chi connectivity index (χ3n) is 5.10. The van der Waals surface area contributed by atoms with Crippen molar-refractivity contribution in [2.24, 2.45) is 5.92 Å². The normalized spacial score (nSPS) is 19.3. The van der Waals surface area contributed by atoms with E-state index in [1.54, 1.807) is 12.1 Å². The first-order valence-corrected chi connectivity index (χ1v) is 11.4. The Morgan fingerprint density at radius 3 is 2.37 bits per heavy atom. The summed E-state index contributed by atoms with van der Waals surface area (Å²) in [5, 5.41) is 2.92. The molecule has 2 rings (SSSR count). The van der Waals surface area contributed by atoms with Gasteiger partial charge in [0.25, 0.3) is 0 Å². The summed E-state index contributed by atoms with van der Waals surface area (Å²) in [6, 6.07) is 6.46. The molecule has 0 aromatic heterocycles. The van der Waals surface area contributed by atoms with Crippen LogP contribution in [-0.4, -0.2) is 37.8 Å². The van der Waals surface area contributed by atoms with Crippen molar-refractivity contribution in [1.82, 2.24) is 9.62 Å². The summed E-state index contributed by atoms with van der Waals surface area (Å²) in [6.07, 6.45) is 3.12. The van der Waals surface area contributed by atoms with Gasteiger partial charge in [-0.2, -0.15) is 4.31 Å². The van der Waals surface area contributed by atoms with Crippen molar-refractivity contribution in [2.45, 2.75) is 76.7 Å². The molecule has 0 spiro atoms. The zero-order valence-electron chi connectivity index (χ0n) is 17.3. The molecule has 1 aromatic rings. The van der Waals surface area contributed by atoms with Crippen LogP contribution in [0.4, 0.5) is 0 Å². The van der Waals surface area contributed by atoms with Crippen LogP contribution >= 0.6 is 0 Å². The summed E-state index contributed by atoms with van der Waals surface area (Å²) in [5.41, 5.74) is 1.05. The Bertz CT molecular complexity index is 734. The van der Waals surface area contributed by atoms with E-state index in [1.165, 1.54) is 4.31 Å². The highest BCUT2D eigenvalue weighted by atomic mass is 32.2. The fraction of sp³-hybridized carbons (Fsp3) is 0.667. The predicted molar refractivity (Wildman–Crippen MR) is 109 cm³/mol. The Kier molecular flexibility index (Phi) is 7.09. The average molecular weight is 395 g/mol. The first kappa shape index (κ1) is 21.9. The molecule has 152 valence electrons. The lowest BCUT2D eigenvalue weighted by Gasteiger charge is -2.33. The van der Waals surface area contributed by atoms with E-state index in [4.69, 9.17) is 0 Å². The van der Waals surface area contributed by atoms with E-state index >= 15 is 0 Å². The second-order valence-electron chi connectivity index (χ2n) is 8.88. The van der Waals surface area contributed by atoms with E-state index in [9.17, 15) is 13.2 Å². The number of carbonyl (C=O) groups excluding carboxylic acids is 1. The van der Waals surface area contributed by atoms with Gasteiger partial charge in [0, 0.05) is 13.1 Å². The van der Waals surface area contributed by atoms with Crippen molar-refractivity contribution in [3.8, 4) is 0 Å². The molecule has 1 N–H and O–H groups in total. The highest BCUT2D eigenvalue weighted by Crippen LogP contribution is 2.28. The van der Waals surface area contributed by atoms with Crippen molar-refractivity contribution in [2.75, 3.05) is 13.1 Å². The highest BCUT2D eigenvalue weighted by Gasteiger charge is 2.37. The molecule has 27 heavy (non-hydrogen) atoms. The molecular formula is C21H34N2O3S. The first-order valence-electron chi connectivity index (χ1n) is 9.93. The summed E-state index contributed by atoms with van der Waals surface area (Å²) >= 11 is 0. The van der Waals surface area contributed by atoms with Gasteiger partial charge in [-0.15, -0.1) is 0 Å². The molecule has 1 aromatic carbocycles. The second-order valence-corrected chi connectivity index (χ2v) is 10.8. The molecule has 5 nitrogen and oxygen atoms in total. The number of benzene rings is 1. The Balaban J connectivity index is 2.19. The van der Waals surface area contributed by atoms with Crippen LogP contribution in [0.3, 0.4) is 0 Å². The molecule has 1 aliphatic rings. The number of hydrogen-bond acceptors (Lipinski definition) is 3. The maximum Gasteiger partial charge on any atom is 0.243 e. The van der Waals surface area contributed by atoms with Crippen LogP contribution in [0.5, 0.6) is 0 Å². The number of sulfonamides is 1. The zero-order chi connectivity index (χ0) is 20.2. The summed E-state index contributed by atoms with van der Waals surface area (Å²) in [4.78, 5) is 12.9. The molecular weight excluding hydrogens is 360 g/mol. The van der Waals surface area contributed by atoms with Gasteiger partial charge in [0.1, 0.15) is 6.04 Å². The minimum absolute atomic E-state index is 0.0355. The van der Waals surface area contributed by atoms with Crippen molar-refractivity contribution in [3.63, 3.8) is 0 Å². The molecule has 0 aliphatic carbocycles. The molecule has 1 atom stereocenters. The number of amides is 1. The Morgan fingerprint density at radius 2 is 1.81 bits per heavy atom. The predicted octanol–water partition coefficient (Wildman–Crippen LogP) is 3.69. The van der Waals surface area contributed by atoms with Gasteiger partial charge in [-0.3, -0.25) is 4.79 Å². The lowest BCUT2D eigenvalue weighted by Crippen LogP contribution is -2.52. The molecule has 0 bridgehead atoms. The molecule has 1 amide bonds. The maximum atomic E-state index is 13.2. The molecule has 1 aliphatic heterocycles. The quantitative estimate of drug-likeness (QED) is 0.800. The van der Waals surface area contributed by atoms with Gasteiger partial charge in [0.15, 0.2) is 0 Å². The van der Waals surface area contributed by atoms with E-state index in [0.29, 0.717) is 25.4 Å². The van der Waals surface area contributed by atoms with Gasteiger partial charge in [0.2, 0.25) is 15.9 Å². The Morgan fingerprint density at radius 1 is 1.19 bits per heavy atom. The lowest BCUT2D eigenvalue weighted by atomic mass is 9.87. The summed E-state index contributed by atoms with van der Waals surface area (Å²) in [5.74, 6) is 0.322. The SMILES string of the molecule is CC(C)CCNC(=O)C1CCCCN1S(=O)(=O)c1ccc(C(C)(C)C)cc1. The minimum Gasteiger partial charge on any atom is -0.355 e. The van der Waals surface area contributed by atoms with E-state index in [0.717, 1.165) is 24.8 Å². The van der Waals surface area contributed by atoms with Gasteiger partial charge in [-0.25, -0.2) is 8.42 Å². The van der Waals surface area contributed by atoms with Gasteiger partial charge in [-0.05, 0) is 48.3 Å². The lowest BCUT2D eigenvalue weighted by molar-refractivity contribution is -0.125. The zero-order valence-corrected chi connectivity index (χ0v) is 18.1. The third-order valence-corrected chi connectivity index (χ3v) is 7.03. The van der Waals surface area contributed by atoms with E-state index < -0.39 is 16.1 Å². The van der Waals surface area contributed by atoms with E-state index in [2.05, 4.69) is 39.9 Å². The van der Waals surface area contributed by atoms with Crippen LogP contribution in [0, 0.1) is 5.92 Å². The number of piperidine rings is 1. The number of rotatable bonds is 6. The molecule has 6 heteroatoms. The fourth-order valence-electron chi connectivity index (χ4n) is 3.32. The van der Waals surface area contributed by atoms with Gasteiger partial charge in [-0.1, -0.05) is 53.2 Å². The standard InChI is InChI=1S/C21H34N2O3S/c1-16(2)13-14-22-20(24)19-8-6-7-15-23(19)27(25,26)18-11-9-17(10-12-18)21(3,4)5/h9-12,16,19H,6-8,13-15H2,1-5H3,(H,22,24). The molecule has 0 radical (unpaired) electrons. The average Bonchev–Trinajstić information content (AvgIpc) is 2.60. The van der Waals surface area contributed by atoms with E-state index in [-0.39, 0.29) is 16.2 Å². The second kappa shape index (κ2) is 8.74. The Hall–Kier alpha value is -1.40. The molecule has 1 unspecified atom stereocenters. The molecule has 1 fully saturated rings. The van der Waals surface area contributed by atoms with Crippen LogP contribution in [0.15, 0.2) is 29.2 Å². The number of carbonyl (C=O) groups is 1. The van der Waals surface area contributed by atoms with Gasteiger partial charge < -0.3 is 5.32 Å². The van der Waals surface area contributed by atoms with Crippen molar-refractivity contribution in [3.05, 3.63) is 29.8 Å². The van der Waals surface area contributed by atoms with E-state index in [1.807, 2.05) is 12.1 Å². The monoisotopic (exact) mass is 394 g/mol. The number of hydrogen-bond donors (Lipinski definition) is 1. The molecule has 1 saturated heterocycles. The van der Waals surface area contributed by atoms with Crippen molar-refractivity contribution < 1.29 is 13.2 Å². The minimum atomic E-state index is -3.69. The van der Waals surface area contributed by atoms with Crippen LogP contribution < -0.4 is 5.32 Å². The van der Waals surface area contributed by atoms with Crippen LogP contribution in [0.25, 0.3) is 0 Å². The van der Waals surface area contributed by atoms with Crippen LogP contribution in [0.2, 0.25) is 0 Å².